The lowest BCUT2D eigenvalue weighted by Crippen LogP contribution is -2.32. The highest BCUT2D eigenvalue weighted by Gasteiger charge is 2.34. The summed E-state index contributed by atoms with van der Waals surface area (Å²) in [5, 5.41) is 0. The molecule has 0 N–H and O–H groups in total. The molecule has 0 atom stereocenters. The molecule has 1 saturated heterocycles. The smallest absolute Gasteiger partial charge is 0.273 e. The lowest BCUT2D eigenvalue weighted by atomic mass is 10.2. The molecule has 1 aliphatic heterocycles. The van der Waals surface area contributed by atoms with Crippen molar-refractivity contribution in [2.24, 2.45) is 0 Å². The van der Waals surface area contributed by atoms with Crippen LogP contribution in [0.1, 0.15) is 12.5 Å². The van der Waals surface area contributed by atoms with Crippen molar-refractivity contribution in [1.82, 2.24) is 4.90 Å². The molecule has 6 heteroatoms. The SMILES string of the molecule is CC(=O)N1C(=O)/C(=C\c2ccc(Br)cc2)SC1=S. The van der Waals surface area contributed by atoms with Crippen molar-refractivity contribution in [2.45, 2.75) is 6.92 Å². The van der Waals surface area contributed by atoms with Crippen molar-refractivity contribution in [3.63, 3.8) is 0 Å². The van der Waals surface area contributed by atoms with E-state index in [0.29, 0.717) is 4.91 Å². The molecular formula is C12H8BrNO2S2. The first-order valence-electron chi connectivity index (χ1n) is 5.03. The van der Waals surface area contributed by atoms with E-state index in [1.165, 1.54) is 6.92 Å². The van der Waals surface area contributed by atoms with Gasteiger partial charge in [0, 0.05) is 11.4 Å². The van der Waals surface area contributed by atoms with Crippen LogP contribution in [-0.2, 0) is 9.59 Å². The molecule has 0 aliphatic carbocycles. The van der Waals surface area contributed by atoms with Crippen LogP contribution < -0.4 is 0 Å². The summed E-state index contributed by atoms with van der Waals surface area (Å²) in [7, 11) is 0. The van der Waals surface area contributed by atoms with E-state index in [0.717, 1.165) is 26.7 Å². The quantitative estimate of drug-likeness (QED) is 0.580. The molecule has 0 saturated carbocycles. The highest BCUT2D eigenvalue weighted by molar-refractivity contribution is 9.10. The van der Waals surface area contributed by atoms with Gasteiger partial charge in [-0.15, -0.1) is 0 Å². The van der Waals surface area contributed by atoms with E-state index in [4.69, 9.17) is 12.2 Å². The normalized spacial score (nSPS) is 17.7. The summed E-state index contributed by atoms with van der Waals surface area (Å²) < 4.78 is 1.26. The summed E-state index contributed by atoms with van der Waals surface area (Å²) in [5.41, 5.74) is 0.891. The van der Waals surface area contributed by atoms with Crippen molar-refractivity contribution < 1.29 is 9.59 Å². The maximum atomic E-state index is 11.9. The average Bonchev–Trinajstić information content (AvgIpc) is 2.57. The topological polar surface area (TPSA) is 37.4 Å². The summed E-state index contributed by atoms with van der Waals surface area (Å²) in [6.45, 7) is 1.33. The largest absolute Gasteiger partial charge is 0.274 e. The van der Waals surface area contributed by atoms with Crippen LogP contribution in [0, 0.1) is 0 Å². The number of rotatable bonds is 1. The molecular weight excluding hydrogens is 334 g/mol. The molecule has 0 radical (unpaired) electrons. The molecule has 1 aromatic rings. The van der Waals surface area contributed by atoms with Gasteiger partial charge in [-0.05, 0) is 23.8 Å². The van der Waals surface area contributed by atoms with E-state index in [1.54, 1.807) is 6.08 Å². The molecule has 1 heterocycles. The summed E-state index contributed by atoms with van der Waals surface area (Å²) >= 11 is 9.49. The Bertz CT molecular complexity index is 566. The summed E-state index contributed by atoms with van der Waals surface area (Å²) in [4.78, 5) is 24.7. The Balaban J connectivity index is 2.30. The monoisotopic (exact) mass is 341 g/mol. The number of benzene rings is 1. The second-order valence-electron chi connectivity index (χ2n) is 3.59. The third-order valence-corrected chi connectivity index (χ3v) is 4.11. The fraction of sp³-hybridized carbons (Fsp3) is 0.0833. The van der Waals surface area contributed by atoms with Crippen LogP contribution in [0.3, 0.4) is 0 Å². The van der Waals surface area contributed by atoms with Crippen molar-refractivity contribution in [3.8, 4) is 0 Å². The van der Waals surface area contributed by atoms with Gasteiger partial charge in [0.25, 0.3) is 5.91 Å². The van der Waals surface area contributed by atoms with E-state index in [-0.39, 0.29) is 16.1 Å². The van der Waals surface area contributed by atoms with E-state index in [9.17, 15) is 9.59 Å². The lowest BCUT2D eigenvalue weighted by Gasteiger charge is -2.07. The minimum absolute atomic E-state index is 0.288. The summed E-state index contributed by atoms with van der Waals surface area (Å²) in [5.74, 6) is -0.697. The predicted octanol–water partition coefficient (Wildman–Crippen LogP) is 3.20. The molecule has 3 nitrogen and oxygen atoms in total. The second-order valence-corrected chi connectivity index (χ2v) is 6.18. The van der Waals surface area contributed by atoms with Gasteiger partial charge in [0.2, 0.25) is 5.91 Å². The zero-order chi connectivity index (χ0) is 13.3. The Kier molecular flexibility index (Phi) is 3.99. The van der Waals surface area contributed by atoms with Crippen molar-refractivity contribution in [2.75, 3.05) is 0 Å². The average molecular weight is 342 g/mol. The first-order valence-corrected chi connectivity index (χ1v) is 7.05. The van der Waals surface area contributed by atoms with Gasteiger partial charge >= 0.3 is 0 Å². The third-order valence-electron chi connectivity index (χ3n) is 2.28. The Hall–Kier alpha value is -0.980. The first-order chi connectivity index (χ1) is 8.49. The number of carbonyl (C=O) groups is 2. The molecule has 92 valence electrons. The fourth-order valence-electron chi connectivity index (χ4n) is 1.45. The van der Waals surface area contributed by atoms with Gasteiger partial charge in [-0.3, -0.25) is 9.59 Å². The molecule has 0 aromatic heterocycles. The molecule has 2 rings (SSSR count). The molecule has 1 aromatic carbocycles. The molecule has 2 amide bonds. The minimum atomic E-state index is -0.350. The Morgan fingerprint density at radius 3 is 2.50 bits per heavy atom. The fourth-order valence-corrected chi connectivity index (χ4v) is 3.06. The van der Waals surface area contributed by atoms with Gasteiger partial charge in [-0.2, -0.15) is 0 Å². The zero-order valence-electron chi connectivity index (χ0n) is 9.34. The number of thioether (sulfide) groups is 1. The number of hydrogen-bond acceptors (Lipinski definition) is 4. The van der Waals surface area contributed by atoms with Gasteiger partial charge in [0.15, 0.2) is 4.32 Å². The van der Waals surface area contributed by atoms with Gasteiger partial charge in [-0.25, -0.2) is 4.90 Å². The number of nitrogens with zero attached hydrogens (tertiary/aromatic N) is 1. The van der Waals surface area contributed by atoms with Crippen molar-refractivity contribution >= 4 is 62.1 Å². The maximum absolute atomic E-state index is 11.9. The first kappa shape index (κ1) is 13.5. The molecule has 1 aliphatic rings. The number of carbonyl (C=O) groups excluding carboxylic acids is 2. The molecule has 0 unspecified atom stereocenters. The maximum Gasteiger partial charge on any atom is 0.273 e. The zero-order valence-corrected chi connectivity index (χ0v) is 12.6. The Labute approximate surface area is 122 Å². The van der Waals surface area contributed by atoms with Crippen LogP contribution >= 0.6 is 39.9 Å². The van der Waals surface area contributed by atoms with Crippen LogP contribution in [0.2, 0.25) is 0 Å². The standard InChI is InChI=1S/C12H8BrNO2S2/c1-7(15)14-11(16)10(18-12(14)17)6-8-2-4-9(13)5-3-8/h2-6H,1H3/b10-6+. The third kappa shape index (κ3) is 2.71. The number of halogens is 1. The summed E-state index contributed by atoms with van der Waals surface area (Å²) in [6.07, 6.45) is 1.73. The Morgan fingerprint density at radius 1 is 1.39 bits per heavy atom. The van der Waals surface area contributed by atoms with Crippen molar-refractivity contribution in [1.29, 1.82) is 0 Å². The number of imide groups is 1. The van der Waals surface area contributed by atoms with E-state index in [1.807, 2.05) is 24.3 Å². The number of amides is 2. The minimum Gasteiger partial charge on any atom is -0.274 e. The van der Waals surface area contributed by atoms with Gasteiger partial charge in [0.05, 0.1) is 4.91 Å². The number of thiocarbonyl (C=S) groups is 1. The van der Waals surface area contributed by atoms with Crippen LogP contribution in [0.5, 0.6) is 0 Å². The van der Waals surface area contributed by atoms with Gasteiger partial charge in [-0.1, -0.05) is 52.0 Å². The Morgan fingerprint density at radius 2 is 2.00 bits per heavy atom. The van der Waals surface area contributed by atoms with E-state index in [2.05, 4.69) is 15.9 Å². The van der Waals surface area contributed by atoms with Crippen LogP contribution in [-0.4, -0.2) is 21.0 Å². The van der Waals surface area contributed by atoms with Crippen molar-refractivity contribution in [3.05, 3.63) is 39.2 Å². The van der Waals surface area contributed by atoms with Gasteiger partial charge in [0.1, 0.15) is 0 Å². The highest BCUT2D eigenvalue weighted by Crippen LogP contribution is 2.32. The molecule has 0 spiro atoms. The van der Waals surface area contributed by atoms with Gasteiger partial charge < -0.3 is 0 Å². The highest BCUT2D eigenvalue weighted by atomic mass is 79.9. The van der Waals surface area contributed by atoms with Crippen LogP contribution in [0.25, 0.3) is 6.08 Å². The van der Waals surface area contributed by atoms with Crippen LogP contribution in [0.4, 0.5) is 0 Å². The molecule has 18 heavy (non-hydrogen) atoms. The van der Waals surface area contributed by atoms with Crippen LogP contribution in [0.15, 0.2) is 33.6 Å². The van der Waals surface area contributed by atoms with E-state index < -0.39 is 0 Å². The molecule has 0 bridgehead atoms. The molecule has 1 fully saturated rings. The lowest BCUT2D eigenvalue weighted by molar-refractivity contribution is -0.135. The summed E-state index contributed by atoms with van der Waals surface area (Å²) in [6, 6.07) is 7.53. The van der Waals surface area contributed by atoms with E-state index >= 15 is 0 Å². The predicted molar refractivity (Wildman–Crippen MR) is 79.8 cm³/mol. The second kappa shape index (κ2) is 5.34. The number of hydrogen-bond donors (Lipinski definition) is 0.